The minimum absolute atomic E-state index is 0.0300. The van der Waals surface area contributed by atoms with E-state index < -0.39 is 0 Å². The summed E-state index contributed by atoms with van der Waals surface area (Å²) in [7, 11) is 1.67. The number of nitrogens with one attached hydrogen (secondary N) is 2. The van der Waals surface area contributed by atoms with Crippen molar-refractivity contribution in [2.75, 3.05) is 33.3 Å². The predicted molar refractivity (Wildman–Crippen MR) is 137 cm³/mol. The number of carbonyl (C=O) groups is 2. The first kappa shape index (κ1) is 25.2. The maximum absolute atomic E-state index is 13.4. The molecule has 0 aromatic heterocycles. The van der Waals surface area contributed by atoms with Crippen LogP contribution in [-0.4, -0.2) is 50.0 Å². The van der Waals surface area contributed by atoms with E-state index in [9.17, 15) is 9.59 Å². The lowest BCUT2D eigenvalue weighted by molar-refractivity contribution is -0.907. The largest absolute Gasteiger partial charge is 0.497 e. The van der Waals surface area contributed by atoms with Crippen LogP contribution in [0.25, 0.3) is 0 Å². The lowest BCUT2D eigenvalue weighted by atomic mass is 9.77. The molecule has 1 atom stereocenters. The van der Waals surface area contributed by atoms with Gasteiger partial charge in [0, 0.05) is 38.3 Å². The lowest BCUT2D eigenvalue weighted by Crippen LogP contribution is -3.13. The van der Waals surface area contributed by atoms with Gasteiger partial charge in [0.05, 0.1) is 38.2 Å². The van der Waals surface area contributed by atoms with Gasteiger partial charge in [-0.05, 0) is 29.7 Å². The summed E-state index contributed by atoms with van der Waals surface area (Å²) in [5.74, 6) is 1.24. The molecule has 6 heteroatoms. The van der Waals surface area contributed by atoms with E-state index in [0.29, 0.717) is 12.5 Å². The highest BCUT2D eigenvalue weighted by Crippen LogP contribution is 2.39. The summed E-state index contributed by atoms with van der Waals surface area (Å²) in [6.07, 6.45) is 3.78. The van der Waals surface area contributed by atoms with Crippen LogP contribution in [0.5, 0.6) is 5.75 Å². The molecule has 2 heterocycles. The first-order chi connectivity index (χ1) is 16.9. The van der Waals surface area contributed by atoms with E-state index in [1.165, 1.54) is 4.90 Å². The second-order valence-corrected chi connectivity index (χ2v) is 10.5. The maximum Gasteiger partial charge on any atom is 0.229 e. The molecule has 6 nitrogen and oxygen atoms in total. The second kappa shape index (κ2) is 11.3. The Balaban J connectivity index is 1.30. The van der Waals surface area contributed by atoms with Crippen LogP contribution in [0, 0.1) is 11.3 Å². The Hall–Kier alpha value is -2.86. The van der Waals surface area contributed by atoms with Crippen LogP contribution in [0.15, 0.2) is 54.6 Å². The summed E-state index contributed by atoms with van der Waals surface area (Å²) in [6.45, 7) is 8.42. The molecule has 2 saturated heterocycles. The van der Waals surface area contributed by atoms with Crippen molar-refractivity contribution in [3.8, 4) is 5.75 Å². The molecule has 2 aromatic rings. The van der Waals surface area contributed by atoms with Crippen molar-refractivity contribution in [3.63, 3.8) is 0 Å². The molecule has 0 saturated carbocycles. The van der Waals surface area contributed by atoms with E-state index in [2.05, 4.69) is 17.4 Å². The third kappa shape index (κ3) is 6.04. The van der Waals surface area contributed by atoms with E-state index in [0.717, 1.165) is 68.7 Å². The standard InChI is InChI=1S/C29H39N3O3/c1-22(2)27(33)30-26(24-7-5-4-6-8-24)13-17-31-18-14-29(15-19-31)16-20-32(28(29)34)21-23-9-11-25(35-3)12-10-23/h4-12,22,26H,13-21H2,1-3H3,(H,30,33)/p+1/t26-/m0/s1. The second-order valence-electron chi connectivity index (χ2n) is 10.5. The Labute approximate surface area is 209 Å². The summed E-state index contributed by atoms with van der Waals surface area (Å²) < 4.78 is 5.25. The molecule has 0 bridgehead atoms. The van der Waals surface area contributed by atoms with Crippen molar-refractivity contribution in [2.24, 2.45) is 11.3 Å². The van der Waals surface area contributed by atoms with Crippen LogP contribution < -0.4 is 15.0 Å². The summed E-state index contributed by atoms with van der Waals surface area (Å²) in [5, 5.41) is 3.24. The number of piperidine rings is 1. The average Bonchev–Trinajstić information content (AvgIpc) is 3.18. The number of hydrogen-bond donors (Lipinski definition) is 2. The highest BCUT2D eigenvalue weighted by molar-refractivity contribution is 5.85. The smallest absolute Gasteiger partial charge is 0.229 e. The van der Waals surface area contributed by atoms with Crippen LogP contribution >= 0.6 is 0 Å². The molecule has 4 rings (SSSR count). The molecule has 2 N–H and O–H groups in total. The predicted octanol–water partition coefficient (Wildman–Crippen LogP) is 3.00. The van der Waals surface area contributed by atoms with E-state index in [1.807, 2.05) is 61.2 Å². The number of benzene rings is 2. The van der Waals surface area contributed by atoms with E-state index in [4.69, 9.17) is 4.74 Å². The monoisotopic (exact) mass is 478 g/mol. The number of carbonyl (C=O) groups excluding carboxylic acids is 2. The van der Waals surface area contributed by atoms with Gasteiger partial charge in [0.25, 0.3) is 0 Å². The van der Waals surface area contributed by atoms with Crippen molar-refractivity contribution in [2.45, 2.75) is 52.1 Å². The molecule has 0 aliphatic carbocycles. The molecule has 188 valence electrons. The van der Waals surface area contributed by atoms with E-state index >= 15 is 0 Å². The summed E-state index contributed by atoms with van der Waals surface area (Å²) in [6, 6.07) is 18.3. The molecule has 2 aromatic carbocycles. The number of methoxy groups -OCH3 is 1. The Morgan fingerprint density at radius 2 is 1.74 bits per heavy atom. The van der Waals surface area contributed by atoms with Crippen LogP contribution in [0.3, 0.4) is 0 Å². The highest BCUT2D eigenvalue weighted by Gasteiger charge is 2.49. The number of quaternary nitrogens is 1. The number of ether oxygens (including phenoxy) is 1. The van der Waals surface area contributed by atoms with Gasteiger partial charge in [0.2, 0.25) is 11.8 Å². The number of amides is 2. The SMILES string of the molecule is COc1ccc(CN2CCC3(CC[NH+](CC[C@H](NC(=O)C(C)C)c4ccccc4)CC3)C2=O)cc1. The van der Waals surface area contributed by atoms with E-state index in [-0.39, 0.29) is 23.3 Å². The summed E-state index contributed by atoms with van der Waals surface area (Å²) in [5.41, 5.74) is 2.13. The fourth-order valence-electron chi connectivity index (χ4n) is 5.49. The van der Waals surface area contributed by atoms with Gasteiger partial charge in [-0.1, -0.05) is 56.3 Å². The normalized spacial score (nSPS) is 23.0. The molecular formula is C29H40N3O3+. The van der Waals surface area contributed by atoms with E-state index in [1.54, 1.807) is 7.11 Å². The minimum atomic E-state index is -0.180. The molecule has 35 heavy (non-hydrogen) atoms. The van der Waals surface area contributed by atoms with Crippen molar-refractivity contribution >= 4 is 11.8 Å². The first-order valence-electron chi connectivity index (χ1n) is 13.0. The number of nitrogens with zero attached hydrogens (tertiary/aromatic N) is 1. The van der Waals surface area contributed by atoms with Gasteiger partial charge in [-0.2, -0.15) is 0 Å². The van der Waals surface area contributed by atoms with Gasteiger partial charge in [0.15, 0.2) is 0 Å². The Bertz CT molecular complexity index is 982. The zero-order valence-corrected chi connectivity index (χ0v) is 21.4. The first-order valence-corrected chi connectivity index (χ1v) is 13.0. The van der Waals surface area contributed by atoms with Crippen molar-refractivity contribution in [3.05, 3.63) is 65.7 Å². The molecule has 2 amide bonds. The Morgan fingerprint density at radius 3 is 2.37 bits per heavy atom. The third-order valence-corrected chi connectivity index (χ3v) is 7.88. The van der Waals surface area contributed by atoms with Gasteiger partial charge in [-0.3, -0.25) is 9.59 Å². The molecule has 0 radical (unpaired) electrons. The molecule has 1 spiro atoms. The average molecular weight is 479 g/mol. The number of rotatable bonds is 9. The fraction of sp³-hybridized carbons (Fsp3) is 0.517. The van der Waals surface area contributed by atoms with Crippen LogP contribution in [0.4, 0.5) is 0 Å². The fourth-order valence-corrected chi connectivity index (χ4v) is 5.49. The van der Waals surface area contributed by atoms with Gasteiger partial charge >= 0.3 is 0 Å². The van der Waals surface area contributed by atoms with Gasteiger partial charge < -0.3 is 19.9 Å². The van der Waals surface area contributed by atoms with Gasteiger partial charge in [-0.15, -0.1) is 0 Å². The summed E-state index contributed by atoms with van der Waals surface area (Å²) >= 11 is 0. The lowest BCUT2D eigenvalue weighted by Gasteiger charge is -2.36. The number of hydrogen-bond acceptors (Lipinski definition) is 3. The van der Waals surface area contributed by atoms with Crippen molar-refractivity contribution < 1.29 is 19.2 Å². The minimum Gasteiger partial charge on any atom is -0.497 e. The van der Waals surface area contributed by atoms with Gasteiger partial charge in [0.1, 0.15) is 5.75 Å². The quantitative estimate of drug-likeness (QED) is 0.583. The molecule has 2 aliphatic rings. The highest BCUT2D eigenvalue weighted by atomic mass is 16.5. The Morgan fingerprint density at radius 1 is 1.06 bits per heavy atom. The zero-order chi connectivity index (χ0) is 24.8. The van der Waals surface area contributed by atoms with Crippen LogP contribution in [0.1, 0.15) is 56.7 Å². The zero-order valence-electron chi connectivity index (χ0n) is 21.4. The van der Waals surface area contributed by atoms with Crippen molar-refractivity contribution in [1.29, 1.82) is 0 Å². The molecular weight excluding hydrogens is 438 g/mol. The molecule has 2 aliphatic heterocycles. The Kier molecular flexibility index (Phi) is 8.11. The molecule has 0 unspecified atom stereocenters. The van der Waals surface area contributed by atoms with Gasteiger partial charge in [-0.25, -0.2) is 0 Å². The van der Waals surface area contributed by atoms with Crippen LogP contribution in [-0.2, 0) is 16.1 Å². The topological polar surface area (TPSA) is 63.1 Å². The maximum atomic E-state index is 13.4. The number of likely N-dealkylation sites (tertiary alicyclic amines) is 2. The molecule has 2 fully saturated rings. The van der Waals surface area contributed by atoms with Crippen molar-refractivity contribution in [1.82, 2.24) is 10.2 Å². The summed E-state index contributed by atoms with van der Waals surface area (Å²) in [4.78, 5) is 29.4. The third-order valence-electron chi connectivity index (χ3n) is 7.88. The van der Waals surface area contributed by atoms with Crippen LogP contribution in [0.2, 0.25) is 0 Å².